The molecule has 5 aliphatic rings. The number of carbonyl (C=O) groups is 2. The zero-order valence-electron chi connectivity index (χ0n) is 22.6. The Morgan fingerprint density at radius 2 is 1.63 bits per heavy atom. The Bertz CT molecular complexity index is 979. The first-order valence-corrected chi connectivity index (χ1v) is 14.7. The van der Waals surface area contributed by atoms with Crippen molar-refractivity contribution >= 4 is 11.8 Å². The highest BCUT2D eigenvalue weighted by atomic mass is 17.3. The van der Waals surface area contributed by atoms with Gasteiger partial charge in [-0.3, -0.25) is 19.8 Å². The minimum Gasteiger partial charge on any atom is -0.494 e. The molecule has 2 saturated heterocycles. The zero-order valence-corrected chi connectivity index (χ0v) is 22.6. The quantitative estimate of drug-likeness (QED) is 0.314. The number of fused-ring (bicyclic) bond motifs is 2. The molecule has 3 atom stereocenters. The largest absolute Gasteiger partial charge is 0.494 e. The molecule has 1 spiro atoms. The lowest BCUT2D eigenvalue weighted by atomic mass is 9.66. The van der Waals surface area contributed by atoms with Crippen LogP contribution in [0.1, 0.15) is 89.0 Å². The first-order chi connectivity index (χ1) is 18.4. The predicted octanol–water partition coefficient (Wildman–Crippen LogP) is 4.68. The van der Waals surface area contributed by atoms with E-state index in [1.807, 2.05) is 17.0 Å². The van der Waals surface area contributed by atoms with Crippen molar-refractivity contribution in [2.24, 2.45) is 17.8 Å². The molecular weight excluding hydrogens is 484 g/mol. The minimum absolute atomic E-state index is 0.231. The molecule has 2 bridgehead atoms. The summed E-state index contributed by atoms with van der Waals surface area (Å²) in [6.45, 7) is 3.86. The third-order valence-corrected chi connectivity index (χ3v) is 9.62. The monoisotopic (exact) mass is 526 g/mol. The van der Waals surface area contributed by atoms with Crippen molar-refractivity contribution in [3.05, 3.63) is 29.8 Å². The Labute approximate surface area is 225 Å². The highest BCUT2D eigenvalue weighted by Crippen LogP contribution is 2.53. The van der Waals surface area contributed by atoms with Crippen LogP contribution in [0.3, 0.4) is 0 Å². The summed E-state index contributed by atoms with van der Waals surface area (Å²) in [5, 5.41) is 2.32. The van der Waals surface area contributed by atoms with Gasteiger partial charge in [0, 0.05) is 25.3 Å². The molecule has 0 aromatic heterocycles. The van der Waals surface area contributed by atoms with Gasteiger partial charge < -0.3 is 9.47 Å². The molecule has 8 heteroatoms. The van der Waals surface area contributed by atoms with Gasteiger partial charge >= 0.3 is 0 Å². The summed E-state index contributed by atoms with van der Waals surface area (Å²) in [6, 6.07) is 8.42. The van der Waals surface area contributed by atoms with Crippen LogP contribution in [-0.2, 0) is 24.1 Å². The van der Waals surface area contributed by atoms with E-state index in [2.05, 4.69) is 24.4 Å². The second kappa shape index (κ2) is 10.9. The molecule has 2 aliphatic heterocycles. The van der Waals surface area contributed by atoms with Crippen LogP contribution < -0.4 is 10.1 Å². The standard InChI is InChI=1S/C30H42N2O6/c1-29(25-17-21-4-2-5-22(16-21)18-25)36-30(38-37-29)12-10-24(11-13-30)23-6-8-26(9-7-23)35-15-3-14-32-19-27(33)31-28(34)20-32/h6-9,21-22,24-25H,2-5,10-20H2,1H3,(H,31,33,34)/t21?,22?,24?,25?,29-,30?/m0/s1. The first-order valence-electron chi connectivity index (χ1n) is 14.7. The van der Waals surface area contributed by atoms with Crippen molar-refractivity contribution in [1.82, 2.24) is 10.2 Å². The van der Waals surface area contributed by atoms with E-state index in [1.165, 1.54) is 44.1 Å². The van der Waals surface area contributed by atoms with Gasteiger partial charge in [-0.15, -0.1) is 0 Å². The maximum Gasteiger partial charge on any atom is 0.240 e. The molecule has 0 radical (unpaired) electrons. The van der Waals surface area contributed by atoms with Gasteiger partial charge in [0.1, 0.15) is 5.75 Å². The van der Waals surface area contributed by atoms with Crippen molar-refractivity contribution in [2.75, 3.05) is 26.2 Å². The Morgan fingerprint density at radius 3 is 2.32 bits per heavy atom. The molecule has 8 nitrogen and oxygen atoms in total. The molecule has 5 fully saturated rings. The lowest BCUT2D eigenvalue weighted by Crippen LogP contribution is -2.51. The zero-order chi connectivity index (χ0) is 26.2. The van der Waals surface area contributed by atoms with Crippen LogP contribution in [0.2, 0.25) is 0 Å². The molecule has 3 saturated carbocycles. The number of amides is 2. The summed E-state index contributed by atoms with van der Waals surface area (Å²) >= 11 is 0. The molecule has 3 aliphatic carbocycles. The number of nitrogens with one attached hydrogen (secondary N) is 1. The van der Waals surface area contributed by atoms with Crippen molar-refractivity contribution < 1.29 is 28.8 Å². The minimum atomic E-state index is -0.615. The normalized spacial score (nSPS) is 37.8. The lowest BCUT2D eigenvalue weighted by molar-refractivity contribution is -0.361. The fraction of sp³-hybridized carbons (Fsp3) is 0.733. The molecule has 6 rings (SSSR count). The molecule has 2 unspecified atom stereocenters. The average Bonchev–Trinajstić information content (AvgIpc) is 3.24. The Morgan fingerprint density at radius 1 is 0.947 bits per heavy atom. The van der Waals surface area contributed by atoms with Gasteiger partial charge in [-0.2, -0.15) is 9.78 Å². The van der Waals surface area contributed by atoms with Gasteiger partial charge in [-0.25, -0.2) is 0 Å². The summed E-state index contributed by atoms with van der Waals surface area (Å²) in [6.07, 6.45) is 12.4. The fourth-order valence-corrected chi connectivity index (χ4v) is 7.62. The maximum atomic E-state index is 11.5. The van der Waals surface area contributed by atoms with E-state index in [0.29, 0.717) is 25.0 Å². The van der Waals surface area contributed by atoms with E-state index in [0.717, 1.165) is 49.7 Å². The number of benzene rings is 1. The van der Waals surface area contributed by atoms with Crippen LogP contribution in [-0.4, -0.2) is 54.5 Å². The first kappa shape index (κ1) is 26.2. The number of ether oxygens (including phenoxy) is 2. The van der Waals surface area contributed by atoms with Gasteiger partial charge in [-0.1, -0.05) is 31.4 Å². The van der Waals surface area contributed by atoms with Crippen LogP contribution in [0.15, 0.2) is 24.3 Å². The van der Waals surface area contributed by atoms with Crippen molar-refractivity contribution in [3.8, 4) is 5.75 Å². The predicted molar refractivity (Wildman–Crippen MR) is 140 cm³/mol. The number of piperazine rings is 1. The Kier molecular flexibility index (Phi) is 7.51. The summed E-state index contributed by atoms with van der Waals surface area (Å²) < 4.78 is 12.6. The Balaban J connectivity index is 0.951. The molecule has 2 heterocycles. The molecule has 1 aromatic carbocycles. The summed E-state index contributed by atoms with van der Waals surface area (Å²) in [5.74, 6) is 1.74. The number of imide groups is 1. The van der Waals surface area contributed by atoms with E-state index in [1.54, 1.807) is 0 Å². The number of nitrogens with zero attached hydrogens (tertiary/aromatic N) is 1. The number of rotatable bonds is 7. The van der Waals surface area contributed by atoms with Gasteiger partial charge in [-0.05, 0) is 80.9 Å². The van der Waals surface area contributed by atoms with Crippen LogP contribution in [0.5, 0.6) is 5.75 Å². The highest BCUT2D eigenvalue weighted by Gasteiger charge is 2.56. The van der Waals surface area contributed by atoms with Crippen LogP contribution >= 0.6 is 0 Å². The van der Waals surface area contributed by atoms with Gasteiger partial charge in [0.2, 0.25) is 23.4 Å². The van der Waals surface area contributed by atoms with Gasteiger partial charge in [0.25, 0.3) is 0 Å². The topological polar surface area (TPSA) is 86.3 Å². The second-order valence-electron chi connectivity index (χ2n) is 12.5. The third-order valence-electron chi connectivity index (χ3n) is 9.62. The van der Waals surface area contributed by atoms with Gasteiger partial charge in [0.15, 0.2) is 0 Å². The smallest absolute Gasteiger partial charge is 0.240 e. The van der Waals surface area contributed by atoms with Crippen molar-refractivity contribution in [3.63, 3.8) is 0 Å². The summed E-state index contributed by atoms with van der Waals surface area (Å²) in [4.78, 5) is 36.8. The van der Waals surface area contributed by atoms with Crippen LogP contribution in [0.25, 0.3) is 0 Å². The van der Waals surface area contributed by atoms with E-state index in [-0.39, 0.29) is 24.9 Å². The summed E-state index contributed by atoms with van der Waals surface area (Å²) in [7, 11) is 0. The van der Waals surface area contributed by atoms with Crippen LogP contribution in [0.4, 0.5) is 0 Å². The van der Waals surface area contributed by atoms with Gasteiger partial charge in [0.05, 0.1) is 19.7 Å². The molecule has 1 N–H and O–H groups in total. The third kappa shape index (κ3) is 5.79. The van der Waals surface area contributed by atoms with E-state index in [9.17, 15) is 9.59 Å². The molecule has 1 aromatic rings. The molecule has 208 valence electrons. The van der Waals surface area contributed by atoms with Crippen molar-refractivity contribution in [2.45, 2.75) is 95.0 Å². The maximum absolute atomic E-state index is 11.5. The molecule has 38 heavy (non-hydrogen) atoms. The molecule has 2 amide bonds. The number of hydrogen-bond donors (Lipinski definition) is 1. The lowest BCUT2D eigenvalue weighted by Gasteiger charge is -2.44. The van der Waals surface area contributed by atoms with Crippen molar-refractivity contribution in [1.29, 1.82) is 0 Å². The van der Waals surface area contributed by atoms with Crippen LogP contribution in [0, 0.1) is 17.8 Å². The average molecular weight is 527 g/mol. The fourth-order valence-electron chi connectivity index (χ4n) is 7.62. The summed E-state index contributed by atoms with van der Waals surface area (Å²) in [5.41, 5.74) is 1.33. The number of carbonyl (C=O) groups excluding carboxylic acids is 2. The van der Waals surface area contributed by atoms with E-state index in [4.69, 9.17) is 19.2 Å². The Hall–Kier alpha value is -2.00. The number of hydrogen-bond acceptors (Lipinski definition) is 7. The molecular formula is C30H42N2O6. The SMILES string of the molecule is C[C@@]1(C2CC3CCCC(C3)C2)OOC2(CCC(c3ccc(OCCCN4CC(=O)NC(=O)C4)cc3)CC2)O1. The van der Waals surface area contributed by atoms with E-state index >= 15 is 0 Å². The highest BCUT2D eigenvalue weighted by molar-refractivity contribution is 5.99. The second-order valence-corrected chi connectivity index (χ2v) is 12.5. The van der Waals surface area contributed by atoms with E-state index < -0.39 is 11.6 Å².